The molecule has 0 bridgehead atoms. The lowest BCUT2D eigenvalue weighted by Crippen LogP contribution is -2.04. The van der Waals surface area contributed by atoms with Crippen molar-refractivity contribution in [3.8, 4) is 5.69 Å². The second-order valence-corrected chi connectivity index (χ2v) is 4.23. The predicted octanol–water partition coefficient (Wildman–Crippen LogP) is 2.29. The monoisotopic (exact) mass is 295 g/mol. The largest absolute Gasteiger partial charge is 0.475 e. The zero-order valence-electron chi connectivity index (χ0n) is 9.09. The van der Waals surface area contributed by atoms with E-state index < -0.39 is 5.97 Å². The molecular formula is C11H10BrN3O2. The number of hydrogen-bond acceptors (Lipinski definition) is 3. The van der Waals surface area contributed by atoms with Gasteiger partial charge in [-0.15, -0.1) is 5.10 Å². The molecule has 2 aromatic rings. The van der Waals surface area contributed by atoms with Gasteiger partial charge in [-0.2, -0.15) is 0 Å². The molecule has 0 saturated carbocycles. The minimum absolute atomic E-state index is 0.183. The van der Waals surface area contributed by atoms with Crippen molar-refractivity contribution in [3.05, 3.63) is 40.4 Å². The Morgan fingerprint density at radius 2 is 2.18 bits per heavy atom. The number of carboxylic acid groups (broad SMARTS) is 1. The van der Waals surface area contributed by atoms with Gasteiger partial charge in [0.15, 0.2) is 0 Å². The van der Waals surface area contributed by atoms with Crippen LogP contribution in [0.1, 0.15) is 23.4 Å². The van der Waals surface area contributed by atoms with Crippen molar-refractivity contribution in [3.63, 3.8) is 0 Å². The Morgan fingerprint density at radius 1 is 1.47 bits per heavy atom. The van der Waals surface area contributed by atoms with E-state index in [1.165, 1.54) is 0 Å². The van der Waals surface area contributed by atoms with Crippen LogP contribution in [0.15, 0.2) is 28.7 Å². The van der Waals surface area contributed by atoms with Crippen LogP contribution in [0.3, 0.4) is 0 Å². The van der Waals surface area contributed by atoms with Crippen molar-refractivity contribution in [2.75, 3.05) is 0 Å². The highest BCUT2D eigenvalue weighted by Gasteiger charge is 2.16. The van der Waals surface area contributed by atoms with E-state index in [-0.39, 0.29) is 5.82 Å². The fraction of sp³-hybridized carbons (Fsp3) is 0.182. The molecule has 1 aromatic carbocycles. The van der Waals surface area contributed by atoms with E-state index in [0.717, 1.165) is 10.2 Å². The first kappa shape index (κ1) is 11.8. The van der Waals surface area contributed by atoms with Gasteiger partial charge in [0.1, 0.15) is 5.82 Å². The molecule has 6 heteroatoms. The Hall–Kier alpha value is -1.69. The number of hydrogen-bond donors (Lipinski definition) is 1. The number of aryl methyl sites for hydroxylation is 1. The maximum atomic E-state index is 10.8. The quantitative estimate of drug-likeness (QED) is 0.943. The Bertz CT molecular complexity index is 566. The number of aromatic nitrogens is 3. The third-order valence-electron chi connectivity index (χ3n) is 2.26. The molecule has 0 atom stereocenters. The molecule has 2 rings (SSSR count). The van der Waals surface area contributed by atoms with Crippen LogP contribution >= 0.6 is 15.9 Å². The molecule has 0 fully saturated rings. The average Bonchev–Trinajstić information content (AvgIpc) is 2.73. The number of rotatable bonds is 3. The first-order valence-electron chi connectivity index (χ1n) is 5.07. The summed E-state index contributed by atoms with van der Waals surface area (Å²) in [5.41, 5.74) is 0.782. The fourth-order valence-electron chi connectivity index (χ4n) is 1.48. The van der Waals surface area contributed by atoms with Crippen LogP contribution in [0, 0.1) is 0 Å². The van der Waals surface area contributed by atoms with Gasteiger partial charge in [-0.3, -0.25) is 0 Å². The van der Waals surface area contributed by atoms with Crippen molar-refractivity contribution in [2.45, 2.75) is 13.3 Å². The van der Waals surface area contributed by atoms with Crippen LogP contribution in [-0.4, -0.2) is 25.8 Å². The smallest absolute Gasteiger partial charge is 0.375 e. The summed E-state index contributed by atoms with van der Waals surface area (Å²) in [5, 5.41) is 12.9. The summed E-state index contributed by atoms with van der Waals surface area (Å²) in [6.45, 7) is 1.91. The number of aromatic carboxylic acids is 1. The Labute approximate surface area is 106 Å². The van der Waals surface area contributed by atoms with Gasteiger partial charge in [0, 0.05) is 10.9 Å². The summed E-state index contributed by atoms with van der Waals surface area (Å²) in [5.74, 6) is -0.683. The zero-order chi connectivity index (χ0) is 12.4. The van der Waals surface area contributed by atoms with Crippen molar-refractivity contribution in [1.82, 2.24) is 14.8 Å². The highest BCUT2D eigenvalue weighted by Crippen LogP contribution is 2.21. The number of halogens is 1. The summed E-state index contributed by atoms with van der Waals surface area (Å²) in [6, 6.07) is 7.47. The molecule has 0 saturated heterocycles. The first-order chi connectivity index (χ1) is 8.13. The molecule has 0 aliphatic rings. The molecule has 1 aromatic heterocycles. The van der Waals surface area contributed by atoms with Gasteiger partial charge in [0.05, 0.1) is 5.69 Å². The van der Waals surface area contributed by atoms with Crippen molar-refractivity contribution in [2.24, 2.45) is 0 Å². The summed E-state index contributed by atoms with van der Waals surface area (Å²) < 4.78 is 2.39. The third-order valence-corrected chi connectivity index (χ3v) is 2.93. The van der Waals surface area contributed by atoms with E-state index in [1.54, 1.807) is 4.68 Å². The van der Waals surface area contributed by atoms with Crippen LogP contribution in [0.2, 0.25) is 0 Å². The predicted molar refractivity (Wildman–Crippen MR) is 65.4 cm³/mol. The molecule has 1 heterocycles. The summed E-state index contributed by atoms with van der Waals surface area (Å²) in [6.07, 6.45) is 0.613. The van der Waals surface area contributed by atoms with Gasteiger partial charge in [0.2, 0.25) is 0 Å². The maximum Gasteiger partial charge on any atom is 0.375 e. The second-order valence-electron chi connectivity index (χ2n) is 3.37. The Morgan fingerprint density at radius 3 is 2.76 bits per heavy atom. The number of nitrogens with zero attached hydrogens (tertiary/aromatic N) is 3. The van der Waals surface area contributed by atoms with Gasteiger partial charge in [0.25, 0.3) is 5.82 Å². The number of para-hydroxylation sites is 1. The average molecular weight is 296 g/mol. The first-order valence-corrected chi connectivity index (χ1v) is 5.87. The van der Waals surface area contributed by atoms with Gasteiger partial charge >= 0.3 is 5.97 Å². The maximum absolute atomic E-state index is 10.8. The van der Waals surface area contributed by atoms with E-state index in [1.807, 2.05) is 31.2 Å². The molecule has 0 aliphatic heterocycles. The molecule has 5 nitrogen and oxygen atoms in total. The fourth-order valence-corrected chi connectivity index (χ4v) is 1.93. The molecule has 0 aliphatic carbocycles. The highest BCUT2D eigenvalue weighted by molar-refractivity contribution is 9.10. The Kier molecular flexibility index (Phi) is 3.23. The van der Waals surface area contributed by atoms with Crippen LogP contribution in [0.25, 0.3) is 5.69 Å². The Balaban J connectivity index is 2.59. The van der Waals surface area contributed by atoms with E-state index in [2.05, 4.69) is 26.0 Å². The van der Waals surface area contributed by atoms with Crippen molar-refractivity contribution in [1.29, 1.82) is 0 Å². The number of benzene rings is 1. The molecule has 0 radical (unpaired) electrons. The van der Waals surface area contributed by atoms with Gasteiger partial charge in [-0.05, 0) is 28.1 Å². The minimum atomic E-state index is -1.12. The summed E-state index contributed by atoms with van der Waals surface area (Å²) in [4.78, 5) is 14.8. The SMILES string of the molecule is CCc1nc(C(=O)O)nn1-c1ccccc1Br. The van der Waals surface area contributed by atoms with Gasteiger partial charge in [-0.25, -0.2) is 14.5 Å². The molecular weight excluding hydrogens is 286 g/mol. The lowest BCUT2D eigenvalue weighted by Gasteiger charge is -2.05. The van der Waals surface area contributed by atoms with Crippen molar-refractivity contribution >= 4 is 21.9 Å². The lowest BCUT2D eigenvalue weighted by atomic mass is 10.3. The topological polar surface area (TPSA) is 68.0 Å². The number of carbonyl (C=O) groups is 1. The molecule has 0 spiro atoms. The third kappa shape index (κ3) is 2.21. The zero-order valence-corrected chi connectivity index (χ0v) is 10.7. The lowest BCUT2D eigenvalue weighted by molar-refractivity contribution is 0.0683. The summed E-state index contributed by atoms with van der Waals surface area (Å²) in [7, 11) is 0. The molecule has 1 N–H and O–H groups in total. The minimum Gasteiger partial charge on any atom is -0.475 e. The normalized spacial score (nSPS) is 10.5. The van der Waals surface area contributed by atoms with E-state index in [0.29, 0.717) is 12.2 Å². The standard InChI is InChI=1S/C11H10BrN3O2/c1-2-9-13-10(11(16)17)14-15(9)8-6-4-3-5-7(8)12/h3-6H,2H2,1H3,(H,16,17). The summed E-state index contributed by atoms with van der Waals surface area (Å²) >= 11 is 3.41. The van der Waals surface area contributed by atoms with Crippen LogP contribution in [0.4, 0.5) is 0 Å². The van der Waals surface area contributed by atoms with E-state index in [4.69, 9.17) is 5.11 Å². The molecule has 17 heavy (non-hydrogen) atoms. The van der Waals surface area contributed by atoms with E-state index >= 15 is 0 Å². The number of carboxylic acids is 1. The molecule has 0 unspecified atom stereocenters. The van der Waals surface area contributed by atoms with Gasteiger partial charge < -0.3 is 5.11 Å². The van der Waals surface area contributed by atoms with Crippen molar-refractivity contribution < 1.29 is 9.90 Å². The van der Waals surface area contributed by atoms with Crippen LogP contribution in [-0.2, 0) is 6.42 Å². The van der Waals surface area contributed by atoms with E-state index in [9.17, 15) is 4.79 Å². The second kappa shape index (κ2) is 4.67. The van der Waals surface area contributed by atoms with Crippen LogP contribution < -0.4 is 0 Å². The van der Waals surface area contributed by atoms with Crippen LogP contribution in [0.5, 0.6) is 0 Å². The molecule has 88 valence electrons. The highest BCUT2D eigenvalue weighted by atomic mass is 79.9. The molecule has 0 amide bonds. The van der Waals surface area contributed by atoms with Gasteiger partial charge in [-0.1, -0.05) is 19.1 Å².